The Morgan fingerprint density at radius 3 is 2.31 bits per heavy atom. The average molecular weight is 959 g/mol. The molecule has 1 N–H and O–H groups in total. The Bertz CT molecular complexity index is 2760. The topological polar surface area (TPSA) is 146 Å². The van der Waals surface area contributed by atoms with E-state index in [1.807, 2.05) is 0 Å². The van der Waals surface area contributed by atoms with E-state index in [4.69, 9.17) is 26.1 Å². The molecule has 0 bridgehead atoms. The number of ether oxygens (including phenoxy) is 2. The summed E-state index contributed by atoms with van der Waals surface area (Å²) < 4.78 is 125. The van der Waals surface area contributed by atoms with Gasteiger partial charge in [0.2, 0.25) is 5.96 Å². The maximum atomic E-state index is 16.2. The molecule has 7 rings (SSSR count). The Morgan fingerprint density at radius 2 is 1.69 bits per heavy atom. The summed E-state index contributed by atoms with van der Waals surface area (Å²) in [5, 5.41) is 9.72. The highest BCUT2D eigenvalue weighted by Crippen LogP contribution is 2.60. The first kappa shape index (κ1) is 48.1. The van der Waals surface area contributed by atoms with Crippen LogP contribution in [0, 0.1) is 28.5 Å². The number of alkyl carbamates (subject to hydrolysis) is 1. The van der Waals surface area contributed by atoms with Crippen molar-refractivity contribution in [3.05, 3.63) is 130 Å². The minimum Gasteiger partial charge on any atom is -0.463 e. The van der Waals surface area contributed by atoms with Gasteiger partial charge in [0.15, 0.2) is 11.4 Å². The number of esters is 1. The van der Waals surface area contributed by atoms with Gasteiger partial charge in [0, 0.05) is 6.20 Å². The highest BCUT2D eigenvalue weighted by Gasteiger charge is 2.64. The quantitative estimate of drug-likeness (QED) is 0.0698. The molecule has 2 amide bonds. The Labute approximate surface area is 382 Å². The molecule has 2 atom stereocenters. The van der Waals surface area contributed by atoms with Gasteiger partial charge < -0.3 is 9.47 Å². The highest BCUT2D eigenvalue weighted by atomic mass is 35.5. The lowest BCUT2D eigenvalue weighted by atomic mass is 9.75. The van der Waals surface area contributed by atoms with Gasteiger partial charge in [-0.05, 0) is 65.6 Å². The number of nitrogens with zero attached hydrogens (tertiary/aromatic N) is 7. The number of guanidine groups is 1. The first-order chi connectivity index (χ1) is 31.6. The number of hydrogen-bond acceptors (Lipinski definition) is 9. The molecule has 0 saturated heterocycles. The third-order valence-electron chi connectivity index (χ3n) is 10.9. The molecule has 0 spiro atoms. The van der Waals surface area contributed by atoms with Crippen molar-refractivity contribution in [1.29, 1.82) is 0 Å². The fraction of sp³-hybridized carbons (Fsp3) is 0.356. The smallest absolute Gasteiger partial charge is 0.414 e. The summed E-state index contributed by atoms with van der Waals surface area (Å²) in [5.41, 5.74) is -5.14. The van der Waals surface area contributed by atoms with Crippen LogP contribution in [-0.2, 0) is 31.2 Å². The predicted molar refractivity (Wildman–Crippen MR) is 223 cm³/mol. The zero-order valence-electron chi connectivity index (χ0n) is 35.6. The van der Waals surface area contributed by atoms with Crippen molar-refractivity contribution in [2.24, 2.45) is 15.8 Å². The predicted octanol–water partition coefficient (Wildman–Crippen LogP) is 9.76. The number of halogens is 9. The molecule has 22 heteroatoms. The fourth-order valence-electron chi connectivity index (χ4n) is 7.52. The highest BCUT2D eigenvalue weighted by molar-refractivity contribution is 6.32. The minimum atomic E-state index is -4.73. The van der Waals surface area contributed by atoms with Crippen molar-refractivity contribution < 1.29 is 59.0 Å². The van der Waals surface area contributed by atoms with Crippen LogP contribution in [0.3, 0.4) is 0 Å². The number of alkyl halides is 7. The molecule has 67 heavy (non-hydrogen) atoms. The van der Waals surface area contributed by atoms with Crippen molar-refractivity contribution in [2.75, 3.05) is 6.61 Å². The van der Waals surface area contributed by atoms with Crippen LogP contribution in [0.25, 0.3) is 5.69 Å². The lowest BCUT2D eigenvalue weighted by Gasteiger charge is -2.35. The Balaban J connectivity index is 1.35. The van der Waals surface area contributed by atoms with E-state index in [-0.39, 0.29) is 58.8 Å². The number of amides is 2. The number of aromatic nitrogens is 5. The van der Waals surface area contributed by atoms with Gasteiger partial charge in [-0.3, -0.25) is 19.8 Å². The molecule has 0 unspecified atom stereocenters. The van der Waals surface area contributed by atoms with E-state index in [2.05, 4.69) is 32.3 Å². The van der Waals surface area contributed by atoms with E-state index in [1.54, 1.807) is 51.1 Å². The van der Waals surface area contributed by atoms with Crippen LogP contribution >= 0.6 is 11.6 Å². The minimum absolute atomic E-state index is 0.0288. The molecule has 1 aliphatic carbocycles. The monoisotopic (exact) mass is 958 g/mol. The molecule has 0 radical (unpaired) electrons. The van der Waals surface area contributed by atoms with E-state index in [0.29, 0.717) is 10.2 Å². The van der Waals surface area contributed by atoms with E-state index in [9.17, 15) is 40.3 Å². The zero-order chi connectivity index (χ0) is 48.5. The normalized spacial score (nSPS) is 17.3. The van der Waals surface area contributed by atoms with Gasteiger partial charge in [0.25, 0.3) is 12.3 Å². The largest absolute Gasteiger partial charge is 0.463 e. The number of carbonyl (C=O) groups excluding carboxylic acids is 3. The lowest BCUT2D eigenvalue weighted by molar-refractivity contribution is -0.195. The number of carbonyl (C=O) groups is 3. The second-order valence-electron chi connectivity index (χ2n) is 17.0. The lowest BCUT2D eigenvalue weighted by Crippen LogP contribution is -2.49. The second kappa shape index (κ2) is 18.8. The standard InChI is InChI=1S/C45H39ClF8N8O5/c1-42(2,3)24-44(30-13-11-28(32(47)18-30)10-9-27-20-56-60(21-27)39(50)51)38(64)61(40(59-44)58-41(65)67-22-26-7-5-4-6-8-26)34(23-66-35(63)19-43(15-16-43)45(52,53)54)29-12-14-31(46)33(17-29)62-37(36(48)49)55-25-57-62/h4-8,11-14,17-18,20-21,25,34,36,39H,15-16,19,22-24H2,1-3H3,(H,58,59,65)/t34-,44-/m1/s1. The molecule has 3 aromatic carbocycles. The maximum absolute atomic E-state index is 16.2. The van der Waals surface area contributed by atoms with E-state index >= 15 is 9.18 Å². The summed E-state index contributed by atoms with van der Waals surface area (Å²) in [6, 6.07) is 14.2. The van der Waals surface area contributed by atoms with Gasteiger partial charge in [0.1, 0.15) is 25.4 Å². The number of nitrogens with one attached hydrogen (secondary N) is 1. The number of rotatable bonds is 13. The molecular weight excluding hydrogens is 920 g/mol. The molecule has 352 valence electrons. The van der Waals surface area contributed by atoms with Gasteiger partial charge >= 0.3 is 24.8 Å². The third-order valence-corrected chi connectivity index (χ3v) is 11.2. The summed E-state index contributed by atoms with van der Waals surface area (Å²) in [7, 11) is 0. The van der Waals surface area contributed by atoms with E-state index in [0.717, 1.165) is 34.4 Å². The molecule has 1 aliphatic heterocycles. The van der Waals surface area contributed by atoms with Crippen LogP contribution in [-0.4, -0.2) is 66.2 Å². The van der Waals surface area contributed by atoms with Crippen molar-refractivity contribution in [1.82, 2.24) is 34.8 Å². The van der Waals surface area contributed by atoms with Crippen molar-refractivity contribution in [3.63, 3.8) is 0 Å². The summed E-state index contributed by atoms with van der Waals surface area (Å²) in [4.78, 5) is 51.8. The van der Waals surface area contributed by atoms with Crippen molar-refractivity contribution in [2.45, 2.75) is 83.8 Å². The molecule has 5 aromatic rings. The molecule has 3 heterocycles. The van der Waals surface area contributed by atoms with Crippen molar-refractivity contribution in [3.8, 4) is 17.5 Å². The van der Waals surface area contributed by atoms with Crippen LogP contribution in [0.15, 0.2) is 90.4 Å². The molecule has 2 aliphatic rings. The first-order valence-corrected chi connectivity index (χ1v) is 20.7. The van der Waals surface area contributed by atoms with Crippen LogP contribution in [0.1, 0.15) is 99.1 Å². The van der Waals surface area contributed by atoms with Gasteiger partial charge in [-0.25, -0.2) is 37.3 Å². The number of benzene rings is 3. The SMILES string of the molecule is CC(C)(C)C[C@]1(c2ccc(C#Cc3cnn(C(F)F)c3)c(F)c2)N=C(NC(=O)OCc2ccccc2)N([C@H](COC(=O)CC2(C(F)(F)F)CC2)c2ccc(Cl)c(-n3ncnc3C(F)F)c2)C1=O. The van der Waals surface area contributed by atoms with Crippen LogP contribution in [0.5, 0.6) is 0 Å². The number of aliphatic imine (C=N–C) groups is 1. The second-order valence-corrected chi connectivity index (χ2v) is 17.4. The third kappa shape index (κ3) is 10.6. The van der Waals surface area contributed by atoms with Gasteiger partial charge in [-0.1, -0.05) is 86.7 Å². The fourth-order valence-corrected chi connectivity index (χ4v) is 7.71. The Hall–Kier alpha value is -6.82. The Morgan fingerprint density at radius 1 is 0.955 bits per heavy atom. The zero-order valence-corrected chi connectivity index (χ0v) is 36.4. The van der Waals surface area contributed by atoms with Gasteiger partial charge in [-0.15, -0.1) is 0 Å². The van der Waals surface area contributed by atoms with Gasteiger partial charge in [0.05, 0.1) is 45.9 Å². The summed E-state index contributed by atoms with van der Waals surface area (Å²) in [6.45, 7) is 1.14. The maximum Gasteiger partial charge on any atom is 0.414 e. The average Bonchev–Trinajstić information content (AvgIpc) is 3.55. The van der Waals surface area contributed by atoms with Crippen LogP contribution in [0.2, 0.25) is 5.02 Å². The van der Waals surface area contributed by atoms with Gasteiger partial charge in [-0.2, -0.15) is 32.1 Å². The van der Waals surface area contributed by atoms with Crippen LogP contribution in [0.4, 0.5) is 39.9 Å². The van der Waals surface area contributed by atoms with E-state index < -0.39 is 90.2 Å². The molecular formula is C45H39ClF8N8O5. The Kier molecular flexibility index (Phi) is 13.5. The number of hydrogen-bond donors (Lipinski definition) is 1. The molecule has 13 nitrogen and oxygen atoms in total. The summed E-state index contributed by atoms with van der Waals surface area (Å²) in [5.74, 6) is 0.543. The molecule has 1 saturated carbocycles. The summed E-state index contributed by atoms with van der Waals surface area (Å²) >= 11 is 6.50. The molecule has 2 aromatic heterocycles. The first-order valence-electron chi connectivity index (χ1n) is 20.4. The van der Waals surface area contributed by atoms with E-state index in [1.165, 1.54) is 30.3 Å². The molecule has 1 fully saturated rings. The van der Waals surface area contributed by atoms with Crippen molar-refractivity contribution >= 4 is 35.5 Å². The summed E-state index contributed by atoms with van der Waals surface area (Å²) in [6.07, 6.45) is -8.05. The van der Waals surface area contributed by atoms with Crippen LogP contribution < -0.4 is 5.32 Å².